The first-order valence-corrected chi connectivity index (χ1v) is 3.17. The van der Waals surface area contributed by atoms with Crippen LogP contribution < -0.4 is 0 Å². The number of nitriles is 1. The predicted molar refractivity (Wildman–Crippen MR) is 37.5 cm³/mol. The van der Waals surface area contributed by atoms with Crippen LogP contribution in [-0.4, -0.2) is 9.78 Å². The van der Waals surface area contributed by atoms with Crippen molar-refractivity contribution in [3.8, 4) is 6.07 Å². The molecule has 0 atom stereocenters. The van der Waals surface area contributed by atoms with Gasteiger partial charge in [0.15, 0.2) is 0 Å². The highest BCUT2D eigenvalue weighted by molar-refractivity contribution is 6.31. The number of halogens is 1. The highest BCUT2D eigenvalue weighted by Gasteiger charge is 2.02. The van der Waals surface area contributed by atoms with E-state index in [1.807, 2.05) is 6.07 Å². The van der Waals surface area contributed by atoms with E-state index in [4.69, 9.17) is 16.9 Å². The van der Waals surface area contributed by atoms with Gasteiger partial charge in [0.1, 0.15) is 0 Å². The van der Waals surface area contributed by atoms with E-state index in [1.165, 1.54) is 0 Å². The number of aryl methyl sites for hydroxylation is 1. The van der Waals surface area contributed by atoms with Crippen molar-refractivity contribution in [3.63, 3.8) is 0 Å². The van der Waals surface area contributed by atoms with Crippen molar-refractivity contribution in [2.24, 2.45) is 7.05 Å². The summed E-state index contributed by atoms with van der Waals surface area (Å²) in [7, 11) is 1.77. The molecule has 1 aromatic rings. The largest absolute Gasteiger partial charge is 0.274 e. The minimum Gasteiger partial charge on any atom is -0.274 e. The Labute approximate surface area is 63.8 Å². The van der Waals surface area contributed by atoms with E-state index in [1.54, 1.807) is 17.9 Å². The summed E-state index contributed by atoms with van der Waals surface area (Å²) in [6, 6.07) is 1.98. The molecular weight excluding hydrogens is 150 g/mol. The first-order chi connectivity index (χ1) is 4.74. The Morgan fingerprint density at radius 3 is 3.00 bits per heavy atom. The Bertz CT molecular complexity index is 271. The summed E-state index contributed by atoms with van der Waals surface area (Å²) in [4.78, 5) is 0. The van der Waals surface area contributed by atoms with E-state index in [0.717, 1.165) is 0 Å². The summed E-state index contributed by atoms with van der Waals surface area (Å²) in [6.45, 7) is 0. The molecule has 0 radical (unpaired) electrons. The van der Waals surface area contributed by atoms with E-state index in [2.05, 4.69) is 5.10 Å². The van der Waals surface area contributed by atoms with Gasteiger partial charge in [0.05, 0.1) is 23.2 Å². The third kappa shape index (κ3) is 1.28. The lowest BCUT2D eigenvalue weighted by Gasteiger charge is -1.83. The van der Waals surface area contributed by atoms with Crippen molar-refractivity contribution in [1.29, 1.82) is 5.26 Å². The van der Waals surface area contributed by atoms with Crippen LogP contribution in [0.25, 0.3) is 0 Å². The lowest BCUT2D eigenvalue weighted by atomic mass is 10.3. The number of nitrogens with zero attached hydrogens (tertiary/aromatic N) is 3. The first kappa shape index (κ1) is 7.10. The van der Waals surface area contributed by atoms with Crippen LogP contribution in [0.3, 0.4) is 0 Å². The Kier molecular flexibility index (Phi) is 1.93. The van der Waals surface area contributed by atoms with Crippen LogP contribution in [0.5, 0.6) is 0 Å². The van der Waals surface area contributed by atoms with Gasteiger partial charge in [-0.25, -0.2) is 0 Å². The summed E-state index contributed by atoms with van der Waals surface area (Å²) in [5.41, 5.74) is 0.645. The van der Waals surface area contributed by atoms with Gasteiger partial charge in [0, 0.05) is 13.2 Å². The van der Waals surface area contributed by atoms with Gasteiger partial charge in [0.2, 0.25) is 0 Å². The molecule has 1 aromatic heterocycles. The zero-order valence-electron chi connectivity index (χ0n) is 5.50. The molecular formula is C6H6ClN3. The van der Waals surface area contributed by atoms with Gasteiger partial charge in [-0.15, -0.1) is 0 Å². The third-order valence-corrected chi connectivity index (χ3v) is 1.42. The van der Waals surface area contributed by atoms with Crippen molar-refractivity contribution in [3.05, 3.63) is 16.9 Å². The van der Waals surface area contributed by atoms with Crippen molar-refractivity contribution >= 4 is 11.6 Å². The van der Waals surface area contributed by atoms with Crippen molar-refractivity contribution in [2.75, 3.05) is 0 Å². The van der Waals surface area contributed by atoms with Gasteiger partial charge in [-0.2, -0.15) is 10.4 Å². The highest BCUT2D eigenvalue weighted by atomic mass is 35.5. The van der Waals surface area contributed by atoms with Gasteiger partial charge in [-0.05, 0) is 0 Å². The van der Waals surface area contributed by atoms with E-state index in [9.17, 15) is 0 Å². The summed E-state index contributed by atoms with van der Waals surface area (Å²) < 4.78 is 1.59. The summed E-state index contributed by atoms with van der Waals surface area (Å²) in [5, 5.41) is 12.8. The molecule has 0 N–H and O–H groups in total. The van der Waals surface area contributed by atoms with E-state index in [0.29, 0.717) is 10.7 Å². The third-order valence-electron chi connectivity index (χ3n) is 1.10. The van der Waals surface area contributed by atoms with Crippen LogP contribution in [0.2, 0.25) is 5.02 Å². The Balaban J connectivity index is 2.94. The average molecular weight is 156 g/mol. The SMILES string of the molecule is Cn1cc(Cl)c(CC#N)n1. The summed E-state index contributed by atoms with van der Waals surface area (Å²) in [5.74, 6) is 0. The quantitative estimate of drug-likeness (QED) is 0.610. The van der Waals surface area contributed by atoms with Crippen LogP contribution in [0, 0.1) is 11.3 Å². The minimum absolute atomic E-state index is 0.277. The van der Waals surface area contributed by atoms with Gasteiger partial charge in [-0.1, -0.05) is 11.6 Å². The highest BCUT2D eigenvalue weighted by Crippen LogP contribution is 2.12. The topological polar surface area (TPSA) is 41.6 Å². The fourth-order valence-electron chi connectivity index (χ4n) is 0.700. The van der Waals surface area contributed by atoms with Crippen LogP contribution in [0.4, 0.5) is 0 Å². The Morgan fingerprint density at radius 2 is 2.60 bits per heavy atom. The standard InChI is InChI=1S/C6H6ClN3/c1-10-4-5(7)6(9-10)2-3-8/h4H,2H2,1H3. The molecule has 0 unspecified atom stereocenters. The Morgan fingerprint density at radius 1 is 1.90 bits per heavy atom. The van der Waals surface area contributed by atoms with Gasteiger partial charge < -0.3 is 0 Å². The van der Waals surface area contributed by atoms with Gasteiger partial charge >= 0.3 is 0 Å². The molecule has 0 saturated carbocycles. The molecule has 0 spiro atoms. The van der Waals surface area contributed by atoms with Crippen LogP contribution >= 0.6 is 11.6 Å². The maximum atomic E-state index is 8.30. The van der Waals surface area contributed by atoms with Crippen LogP contribution in [-0.2, 0) is 13.5 Å². The fraction of sp³-hybridized carbons (Fsp3) is 0.333. The van der Waals surface area contributed by atoms with Crippen molar-refractivity contribution < 1.29 is 0 Å². The minimum atomic E-state index is 0.277. The predicted octanol–water partition coefficient (Wildman–Crippen LogP) is 1.14. The maximum Gasteiger partial charge on any atom is 0.0951 e. The molecule has 0 fully saturated rings. The fourth-order valence-corrected chi connectivity index (χ4v) is 0.946. The molecule has 52 valence electrons. The molecule has 0 aromatic carbocycles. The summed E-state index contributed by atoms with van der Waals surface area (Å²) in [6.07, 6.45) is 1.95. The molecule has 0 aliphatic heterocycles. The van der Waals surface area contributed by atoms with Gasteiger partial charge in [0.25, 0.3) is 0 Å². The van der Waals surface area contributed by atoms with E-state index in [-0.39, 0.29) is 6.42 Å². The molecule has 1 heterocycles. The first-order valence-electron chi connectivity index (χ1n) is 2.79. The molecule has 0 bridgehead atoms. The van der Waals surface area contributed by atoms with E-state index >= 15 is 0 Å². The second kappa shape index (κ2) is 2.72. The maximum absolute atomic E-state index is 8.30. The Hall–Kier alpha value is -1.01. The second-order valence-electron chi connectivity index (χ2n) is 1.93. The van der Waals surface area contributed by atoms with Gasteiger partial charge in [-0.3, -0.25) is 4.68 Å². The molecule has 10 heavy (non-hydrogen) atoms. The monoisotopic (exact) mass is 155 g/mol. The number of rotatable bonds is 1. The smallest absolute Gasteiger partial charge is 0.0951 e. The average Bonchev–Trinajstić information content (AvgIpc) is 2.13. The van der Waals surface area contributed by atoms with Crippen LogP contribution in [0.1, 0.15) is 5.69 Å². The molecule has 0 aliphatic carbocycles. The number of hydrogen-bond donors (Lipinski definition) is 0. The molecule has 3 nitrogen and oxygen atoms in total. The van der Waals surface area contributed by atoms with Crippen molar-refractivity contribution in [1.82, 2.24) is 9.78 Å². The normalized spacial score (nSPS) is 9.30. The lowest BCUT2D eigenvalue weighted by Crippen LogP contribution is -1.89. The molecule has 1 rings (SSSR count). The lowest BCUT2D eigenvalue weighted by molar-refractivity contribution is 0.751. The molecule has 4 heteroatoms. The molecule has 0 saturated heterocycles. The zero-order chi connectivity index (χ0) is 7.56. The van der Waals surface area contributed by atoms with E-state index < -0.39 is 0 Å². The number of hydrogen-bond acceptors (Lipinski definition) is 2. The molecule has 0 aliphatic rings. The second-order valence-corrected chi connectivity index (χ2v) is 2.34. The van der Waals surface area contributed by atoms with Crippen molar-refractivity contribution in [2.45, 2.75) is 6.42 Å². The summed E-state index contributed by atoms with van der Waals surface area (Å²) >= 11 is 5.69. The van der Waals surface area contributed by atoms with Crippen LogP contribution in [0.15, 0.2) is 6.20 Å². The molecule has 0 amide bonds. The zero-order valence-corrected chi connectivity index (χ0v) is 6.26. The number of aromatic nitrogens is 2.